The molecule has 4 rings (SSSR count). The van der Waals surface area contributed by atoms with Crippen molar-refractivity contribution in [3.05, 3.63) is 75.7 Å². The van der Waals surface area contributed by atoms with Crippen LogP contribution in [0.5, 0.6) is 5.75 Å². The number of amides is 1. The van der Waals surface area contributed by atoms with Gasteiger partial charge in [0, 0.05) is 9.86 Å². The molecule has 0 aliphatic carbocycles. The van der Waals surface area contributed by atoms with Crippen molar-refractivity contribution in [2.24, 2.45) is 0 Å². The summed E-state index contributed by atoms with van der Waals surface area (Å²) >= 11 is 3.44. The summed E-state index contributed by atoms with van der Waals surface area (Å²) in [6.45, 7) is 5.63. The minimum absolute atomic E-state index is 0.187. The van der Waals surface area contributed by atoms with E-state index in [0.29, 0.717) is 28.4 Å². The summed E-state index contributed by atoms with van der Waals surface area (Å²) in [7, 11) is 1.61. The molecular formula is C23H22BrN3O3. The van der Waals surface area contributed by atoms with E-state index in [9.17, 15) is 4.79 Å². The Morgan fingerprint density at radius 1 is 1.20 bits per heavy atom. The molecule has 7 heteroatoms. The number of benzene rings is 2. The van der Waals surface area contributed by atoms with Crippen molar-refractivity contribution in [1.29, 1.82) is 0 Å². The van der Waals surface area contributed by atoms with Crippen LogP contribution in [0.25, 0.3) is 16.7 Å². The predicted octanol–water partition coefficient (Wildman–Crippen LogP) is 5.50. The summed E-state index contributed by atoms with van der Waals surface area (Å²) in [4.78, 5) is 13.1. The molecule has 30 heavy (non-hydrogen) atoms. The van der Waals surface area contributed by atoms with E-state index in [1.54, 1.807) is 11.8 Å². The highest BCUT2D eigenvalue weighted by Crippen LogP contribution is 2.31. The minimum atomic E-state index is -0.315. The van der Waals surface area contributed by atoms with Gasteiger partial charge in [0.05, 0.1) is 35.8 Å². The number of ether oxygens (including phenoxy) is 1. The van der Waals surface area contributed by atoms with E-state index in [1.165, 1.54) is 0 Å². The Morgan fingerprint density at radius 3 is 2.63 bits per heavy atom. The Balaban J connectivity index is 1.60. The van der Waals surface area contributed by atoms with Crippen LogP contribution in [-0.4, -0.2) is 22.8 Å². The van der Waals surface area contributed by atoms with Gasteiger partial charge in [-0.2, -0.15) is 5.10 Å². The Labute approximate surface area is 183 Å². The molecule has 0 aliphatic rings. The Bertz CT molecular complexity index is 1220. The second-order valence-electron chi connectivity index (χ2n) is 7.16. The number of hydrogen-bond acceptors (Lipinski definition) is 4. The first-order valence-electron chi connectivity index (χ1n) is 9.58. The number of furan rings is 1. The molecule has 6 nitrogen and oxygen atoms in total. The highest BCUT2D eigenvalue weighted by molar-refractivity contribution is 9.10. The Kier molecular flexibility index (Phi) is 5.39. The van der Waals surface area contributed by atoms with Crippen LogP contribution in [0.2, 0.25) is 0 Å². The van der Waals surface area contributed by atoms with Crippen LogP contribution in [0.4, 0.5) is 0 Å². The molecule has 0 radical (unpaired) electrons. The van der Waals surface area contributed by atoms with Gasteiger partial charge in [-0.1, -0.05) is 28.1 Å². The lowest BCUT2D eigenvalue weighted by atomic mass is 10.1. The fourth-order valence-corrected chi connectivity index (χ4v) is 3.84. The van der Waals surface area contributed by atoms with E-state index >= 15 is 0 Å². The molecule has 2 aromatic carbocycles. The number of hydrogen-bond donors (Lipinski definition) is 1. The average Bonchev–Trinajstić information content (AvgIpc) is 3.29. The van der Waals surface area contributed by atoms with Crippen LogP contribution in [0, 0.1) is 13.8 Å². The molecule has 0 aliphatic heterocycles. The first-order valence-corrected chi connectivity index (χ1v) is 10.4. The monoisotopic (exact) mass is 467 g/mol. The highest BCUT2D eigenvalue weighted by atomic mass is 79.9. The molecule has 2 heterocycles. The minimum Gasteiger partial charge on any atom is -0.493 e. The number of carbonyl (C=O) groups is 1. The molecule has 2 aromatic heterocycles. The zero-order valence-corrected chi connectivity index (χ0v) is 18.8. The number of aryl methyl sites for hydroxylation is 1. The fourth-order valence-electron chi connectivity index (χ4n) is 3.58. The number of methoxy groups -OCH3 is 1. The summed E-state index contributed by atoms with van der Waals surface area (Å²) in [6.07, 6.45) is 0. The van der Waals surface area contributed by atoms with Gasteiger partial charge in [-0.3, -0.25) is 4.79 Å². The van der Waals surface area contributed by atoms with Gasteiger partial charge in [0.1, 0.15) is 5.76 Å². The number of aromatic nitrogens is 2. The first kappa shape index (κ1) is 20.2. The van der Waals surface area contributed by atoms with E-state index in [4.69, 9.17) is 9.15 Å². The topological polar surface area (TPSA) is 69.3 Å². The van der Waals surface area contributed by atoms with Crippen LogP contribution in [0.15, 0.2) is 57.4 Å². The fraction of sp³-hybridized carbons (Fsp3) is 0.217. The number of para-hydroxylation sites is 1. The SMILES string of the molecule is COc1cccc2cc(C(C)NC(=O)c3c(C)nn(-c4ccc(Br)cc4)c3C)oc12. The van der Waals surface area contributed by atoms with Crippen molar-refractivity contribution in [3.63, 3.8) is 0 Å². The summed E-state index contributed by atoms with van der Waals surface area (Å²) in [5, 5.41) is 8.53. The predicted molar refractivity (Wildman–Crippen MR) is 119 cm³/mol. The third-order valence-electron chi connectivity index (χ3n) is 5.11. The summed E-state index contributed by atoms with van der Waals surface area (Å²) in [5.41, 5.74) is 3.59. The number of nitrogens with zero attached hydrogens (tertiary/aromatic N) is 2. The van der Waals surface area contributed by atoms with Gasteiger partial charge >= 0.3 is 0 Å². The van der Waals surface area contributed by atoms with Crippen molar-refractivity contribution in [2.75, 3.05) is 7.11 Å². The molecule has 154 valence electrons. The van der Waals surface area contributed by atoms with E-state index in [1.807, 2.05) is 69.3 Å². The number of nitrogens with one attached hydrogen (secondary N) is 1. The lowest BCUT2D eigenvalue weighted by molar-refractivity contribution is 0.0934. The second-order valence-corrected chi connectivity index (χ2v) is 8.07. The van der Waals surface area contributed by atoms with E-state index in [0.717, 1.165) is 21.2 Å². The van der Waals surface area contributed by atoms with Gasteiger partial charge in [-0.15, -0.1) is 0 Å². The second kappa shape index (κ2) is 7.99. The standard InChI is InChI=1S/C23H22BrN3O3/c1-13(20-12-16-6-5-7-19(29-4)22(16)30-20)25-23(28)21-14(2)26-27(15(21)3)18-10-8-17(24)9-11-18/h5-13H,1-4H3,(H,25,28). The molecule has 1 amide bonds. The molecule has 1 unspecified atom stereocenters. The van der Waals surface area contributed by atoms with Crippen LogP contribution in [-0.2, 0) is 0 Å². The molecule has 0 saturated heterocycles. The maximum Gasteiger partial charge on any atom is 0.255 e. The number of fused-ring (bicyclic) bond motifs is 1. The number of rotatable bonds is 5. The quantitative estimate of drug-likeness (QED) is 0.420. The lowest BCUT2D eigenvalue weighted by Gasteiger charge is -2.12. The van der Waals surface area contributed by atoms with E-state index in [-0.39, 0.29) is 11.9 Å². The van der Waals surface area contributed by atoms with Gasteiger partial charge in [0.2, 0.25) is 0 Å². The summed E-state index contributed by atoms with van der Waals surface area (Å²) < 4.78 is 14.1. The maximum atomic E-state index is 13.1. The van der Waals surface area contributed by atoms with Crippen molar-refractivity contribution in [2.45, 2.75) is 26.8 Å². The molecule has 0 fully saturated rings. The van der Waals surface area contributed by atoms with Crippen LogP contribution < -0.4 is 10.1 Å². The summed E-state index contributed by atoms with van der Waals surface area (Å²) in [6, 6.07) is 15.1. The molecule has 0 bridgehead atoms. The largest absolute Gasteiger partial charge is 0.493 e. The molecule has 0 spiro atoms. The normalized spacial score (nSPS) is 12.2. The van der Waals surface area contributed by atoms with Crippen LogP contribution in [0.1, 0.15) is 40.5 Å². The molecule has 0 saturated carbocycles. The molecule has 4 aromatic rings. The molecule has 1 N–H and O–H groups in total. The highest BCUT2D eigenvalue weighted by Gasteiger charge is 2.23. The Hall–Kier alpha value is -3.06. The van der Waals surface area contributed by atoms with Crippen molar-refractivity contribution < 1.29 is 13.9 Å². The van der Waals surface area contributed by atoms with Crippen molar-refractivity contribution in [3.8, 4) is 11.4 Å². The average molecular weight is 468 g/mol. The van der Waals surface area contributed by atoms with Crippen LogP contribution >= 0.6 is 15.9 Å². The maximum absolute atomic E-state index is 13.1. The van der Waals surface area contributed by atoms with Crippen LogP contribution in [0.3, 0.4) is 0 Å². The van der Waals surface area contributed by atoms with Crippen molar-refractivity contribution in [1.82, 2.24) is 15.1 Å². The number of carbonyl (C=O) groups excluding carboxylic acids is 1. The van der Waals surface area contributed by atoms with Gasteiger partial charge in [0.15, 0.2) is 11.3 Å². The lowest BCUT2D eigenvalue weighted by Crippen LogP contribution is -2.27. The number of halogens is 1. The van der Waals surface area contributed by atoms with Gasteiger partial charge in [0.25, 0.3) is 5.91 Å². The van der Waals surface area contributed by atoms with Gasteiger partial charge in [-0.25, -0.2) is 4.68 Å². The van der Waals surface area contributed by atoms with Crippen molar-refractivity contribution >= 4 is 32.8 Å². The zero-order valence-electron chi connectivity index (χ0n) is 17.2. The smallest absolute Gasteiger partial charge is 0.255 e. The summed E-state index contributed by atoms with van der Waals surface area (Å²) in [5.74, 6) is 1.14. The Morgan fingerprint density at radius 2 is 1.93 bits per heavy atom. The van der Waals surface area contributed by atoms with Gasteiger partial charge < -0.3 is 14.5 Å². The van der Waals surface area contributed by atoms with Gasteiger partial charge in [-0.05, 0) is 57.2 Å². The molecule has 1 atom stereocenters. The third kappa shape index (κ3) is 3.61. The zero-order chi connectivity index (χ0) is 21.4. The van der Waals surface area contributed by atoms with E-state index < -0.39 is 0 Å². The third-order valence-corrected chi connectivity index (χ3v) is 5.64. The first-order chi connectivity index (χ1) is 14.4. The molecular weight excluding hydrogens is 446 g/mol. The van der Waals surface area contributed by atoms with E-state index in [2.05, 4.69) is 26.3 Å².